The van der Waals surface area contributed by atoms with E-state index in [2.05, 4.69) is 15.1 Å². The Hall–Kier alpha value is -3.25. The number of carbonyl (C=O) groups excluding carboxylic acids is 1. The largest absolute Gasteiger partial charge is 0.493 e. The number of H-pyrrole nitrogens is 1. The summed E-state index contributed by atoms with van der Waals surface area (Å²) in [4.78, 5) is 33.8. The van der Waals surface area contributed by atoms with Crippen LogP contribution in [0.3, 0.4) is 0 Å². The van der Waals surface area contributed by atoms with E-state index >= 15 is 0 Å². The van der Waals surface area contributed by atoms with E-state index < -0.39 is 16.1 Å². The van der Waals surface area contributed by atoms with Gasteiger partial charge in [0, 0.05) is 27.6 Å². The van der Waals surface area contributed by atoms with Gasteiger partial charge in [0.2, 0.25) is 15.9 Å². The molecule has 0 aliphatic rings. The Morgan fingerprint density at radius 3 is 2.51 bits per heavy atom. The molecule has 0 spiro atoms. The lowest BCUT2D eigenvalue weighted by Crippen LogP contribution is -2.45. The molecule has 0 fully saturated rings. The number of imidazole rings is 1. The molecular formula is C23H32N6O5S. The quantitative estimate of drug-likeness (QED) is 0.471. The van der Waals surface area contributed by atoms with Crippen molar-refractivity contribution in [3.8, 4) is 17.1 Å². The first kappa shape index (κ1) is 26.4. The third kappa shape index (κ3) is 4.94. The van der Waals surface area contributed by atoms with Crippen molar-refractivity contribution >= 4 is 21.4 Å². The highest BCUT2D eigenvalue weighted by Crippen LogP contribution is 2.31. The number of nitrogens with zero attached hydrogens (tertiary/aromatic N) is 5. The van der Waals surface area contributed by atoms with Crippen LogP contribution in [0.25, 0.3) is 16.9 Å². The summed E-state index contributed by atoms with van der Waals surface area (Å²) in [6.07, 6.45) is 1.44. The van der Waals surface area contributed by atoms with Crippen LogP contribution >= 0.6 is 0 Å². The van der Waals surface area contributed by atoms with Crippen molar-refractivity contribution in [2.24, 2.45) is 0 Å². The fourth-order valence-electron chi connectivity index (χ4n) is 3.78. The number of likely N-dealkylation sites (N-methyl/N-ethyl adjacent to an activating group) is 2. The van der Waals surface area contributed by atoms with Gasteiger partial charge in [0.05, 0.1) is 22.8 Å². The molecule has 0 bridgehead atoms. The van der Waals surface area contributed by atoms with Crippen molar-refractivity contribution in [2.75, 3.05) is 27.7 Å². The lowest BCUT2D eigenvalue weighted by atomic mass is 10.2. The molecule has 0 radical (unpaired) electrons. The van der Waals surface area contributed by atoms with Crippen LogP contribution in [0.15, 0.2) is 27.9 Å². The SMILES string of the molecule is CCCc1nc(C)c2c(=O)[nH]c(-c3cc(S(=O)(=O)N(C)C(C)C(=O)N(C)C)ccc3OCC)nn12. The Labute approximate surface area is 204 Å². The van der Waals surface area contributed by atoms with Crippen LogP contribution in [0, 0.1) is 6.92 Å². The third-order valence-electron chi connectivity index (χ3n) is 5.74. The van der Waals surface area contributed by atoms with Crippen LogP contribution in [0.1, 0.15) is 38.7 Å². The number of amides is 1. The average molecular weight is 505 g/mol. The van der Waals surface area contributed by atoms with Gasteiger partial charge in [0.1, 0.15) is 17.6 Å². The Morgan fingerprint density at radius 1 is 1.23 bits per heavy atom. The molecule has 1 unspecified atom stereocenters. The first-order chi connectivity index (χ1) is 16.4. The molecule has 0 saturated heterocycles. The van der Waals surface area contributed by atoms with Crippen molar-refractivity contribution in [1.82, 2.24) is 28.8 Å². The standard InChI is InChI=1S/C23H32N6O5S/c1-8-10-19-24-14(3)20-22(30)25-21(26-29(19)20)17-13-16(11-12-18(17)34-9-2)35(32,33)28(7)15(4)23(31)27(5)6/h11-13,15H,8-10H2,1-7H3,(H,25,26,30). The van der Waals surface area contributed by atoms with Gasteiger partial charge in [0.25, 0.3) is 5.56 Å². The number of rotatable bonds is 9. The van der Waals surface area contributed by atoms with Gasteiger partial charge in [-0.25, -0.2) is 17.9 Å². The van der Waals surface area contributed by atoms with E-state index in [0.717, 1.165) is 10.7 Å². The highest BCUT2D eigenvalue weighted by atomic mass is 32.2. The van der Waals surface area contributed by atoms with Gasteiger partial charge in [-0.05, 0) is 45.4 Å². The molecule has 3 aromatic rings. The van der Waals surface area contributed by atoms with Crippen molar-refractivity contribution in [3.05, 3.63) is 40.1 Å². The molecule has 1 aromatic carbocycles. The Morgan fingerprint density at radius 2 is 1.91 bits per heavy atom. The summed E-state index contributed by atoms with van der Waals surface area (Å²) >= 11 is 0. The van der Waals surface area contributed by atoms with Crippen LogP contribution in [0.2, 0.25) is 0 Å². The van der Waals surface area contributed by atoms with Crippen LogP contribution < -0.4 is 10.3 Å². The maximum absolute atomic E-state index is 13.4. The minimum atomic E-state index is -4.05. The van der Waals surface area contributed by atoms with E-state index in [1.54, 1.807) is 27.9 Å². The first-order valence-corrected chi connectivity index (χ1v) is 12.8. The van der Waals surface area contributed by atoms with Crippen LogP contribution in [0.4, 0.5) is 0 Å². The Kier molecular flexibility index (Phi) is 7.65. The number of hydrogen-bond donors (Lipinski definition) is 1. The highest BCUT2D eigenvalue weighted by Gasteiger charge is 2.31. The van der Waals surface area contributed by atoms with Gasteiger partial charge in [-0.2, -0.15) is 4.31 Å². The van der Waals surface area contributed by atoms with Gasteiger partial charge < -0.3 is 14.6 Å². The molecule has 35 heavy (non-hydrogen) atoms. The zero-order valence-electron chi connectivity index (χ0n) is 21.1. The second-order valence-electron chi connectivity index (χ2n) is 8.45. The van der Waals surface area contributed by atoms with E-state index in [-0.39, 0.29) is 22.2 Å². The van der Waals surface area contributed by atoms with Crippen molar-refractivity contribution in [3.63, 3.8) is 0 Å². The Balaban J connectivity index is 2.19. The fraction of sp³-hybridized carbons (Fsp3) is 0.478. The maximum atomic E-state index is 13.4. The maximum Gasteiger partial charge on any atom is 0.277 e. The van der Waals surface area contributed by atoms with Crippen molar-refractivity contribution in [1.29, 1.82) is 0 Å². The molecule has 190 valence electrons. The van der Waals surface area contributed by atoms with E-state index in [1.807, 2.05) is 6.92 Å². The minimum absolute atomic E-state index is 0.0600. The second kappa shape index (κ2) is 10.2. The summed E-state index contributed by atoms with van der Waals surface area (Å²) in [7, 11) is 0.436. The topological polar surface area (TPSA) is 130 Å². The number of nitrogens with one attached hydrogen (secondary N) is 1. The molecular weight excluding hydrogens is 472 g/mol. The Bertz CT molecular complexity index is 1410. The smallest absolute Gasteiger partial charge is 0.277 e. The van der Waals surface area contributed by atoms with Gasteiger partial charge in [-0.15, -0.1) is 5.10 Å². The van der Waals surface area contributed by atoms with E-state index in [9.17, 15) is 18.0 Å². The van der Waals surface area contributed by atoms with Gasteiger partial charge in [-0.3, -0.25) is 9.59 Å². The minimum Gasteiger partial charge on any atom is -0.493 e. The number of aromatic amines is 1. The highest BCUT2D eigenvalue weighted by molar-refractivity contribution is 7.89. The molecule has 11 nitrogen and oxygen atoms in total. The number of aromatic nitrogens is 4. The molecule has 1 N–H and O–H groups in total. The zero-order valence-corrected chi connectivity index (χ0v) is 21.9. The summed E-state index contributed by atoms with van der Waals surface area (Å²) in [6, 6.07) is 3.42. The second-order valence-corrected chi connectivity index (χ2v) is 10.4. The normalized spacial score (nSPS) is 12.8. The summed E-state index contributed by atoms with van der Waals surface area (Å²) in [5.74, 6) is 0.808. The predicted octanol–water partition coefficient (Wildman–Crippen LogP) is 1.84. The summed E-state index contributed by atoms with van der Waals surface area (Å²) < 4.78 is 35.0. The van der Waals surface area contributed by atoms with E-state index in [0.29, 0.717) is 41.4 Å². The third-order valence-corrected chi connectivity index (χ3v) is 7.67. The van der Waals surface area contributed by atoms with E-state index in [1.165, 1.54) is 41.6 Å². The molecule has 0 saturated carbocycles. The number of fused-ring (bicyclic) bond motifs is 1. The molecule has 12 heteroatoms. The summed E-state index contributed by atoms with van der Waals surface area (Å²) in [6.45, 7) is 7.40. The molecule has 1 amide bonds. The summed E-state index contributed by atoms with van der Waals surface area (Å²) in [5, 5.41) is 4.59. The number of benzene rings is 1. The average Bonchev–Trinajstić information content (AvgIpc) is 3.13. The number of hydrogen-bond acceptors (Lipinski definition) is 7. The molecule has 0 aliphatic heterocycles. The summed E-state index contributed by atoms with van der Waals surface area (Å²) in [5.41, 5.74) is 0.826. The molecule has 3 rings (SSSR count). The monoisotopic (exact) mass is 504 g/mol. The zero-order chi connectivity index (χ0) is 26.1. The molecule has 0 aliphatic carbocycles. The van der Waals surface area contributed by atoms with E-state index in [4.69, 9.17) is 4.74 Å². The van der Waals surface area contributed by atoms with Gasteiger partial charge in [0.15, 0.2) is 11.3 Å². The van der Waals surface area contributed by atoms with Crippen LogP contribution in [-0.2, 0) is 21.2 Å². The van der Waals surface area contributed by atoms with Crippen molar-refractivity contribution in [2.45, 2.75) is 51.5 Å². The lowest BCUT2D eigenvalue weighted by Gasteiger charge is -2.26. The predicted molar refractivity (Wildman–Crippen MR) is 132 cm³/mol. The molecule has 2 aromatic heterocycles. The number of ether oxygens (including phenoxy) is 1. The molecule has 1 atom stereocenters. The van der Waals surface area contributed by atoms with Crippen LogP contribution in [-0.4, -0.2) is 76.9 Å². The number of aryl methyl sites for hydroxylation is 2. The molecule has 2 heterocycles. The fourth-order valence-corrected chi connectivity index (χ4v) is 5.13. The number of carbonyl (C=O) groups is 1. The van der Waals surface area contributed by atoms with Gasteiger partial charge in [-0.1, -0.05) is 6.92 Å². The van der Waals surface area contributed by atoms with Gasteiger partial charge >= 0.3 is 0 Å². The number of sulfonamides is 1. The first-order valence-electron chi connectivity index (χ1n) is 11.4. The van der Waals surface area contributed by atoms with Crippen molar-refractivity contribution < 1.29 is 17.9 Å². The lowest BCUT2D eigenvalue weighted by molar-refractivity contribution is -0.131. The van der Waals surface area contributed by atoms with Crippen LogP contribution in [0.5, 0.6) is 5.75 Å².